The standard InChI is InChI=1S/C11H8BrFN2/c12-8-5-11(15-6-10(8)14)7-3-1-2-4-9(7)13/h1-6H,14H2. The molecule has 2 rings (SSSR count). The predicted octanol–water partition coefficient (Wildman–Crippen LogP) is 3.23. The summed E-state index contributed by atoms with van der Waals surface area (Å²) in [6, 6.07) is 8.20. The number of halogens is 2. The van der Waals surface area contributed by atoms with Crippen molar-refractivity contribution in [3.63, 3.8) is 0 Å². The first-order valence-corrected chi connectivity index (χ1v) is 5.13. The number of nitrogens with zero attached hydrogens (tertiary/aromatic N) is 1. The molecule has 2 N–H and O–H groups in total. The Kier molecular flexibility index (Phi) is 2.68. The van der Waals surface area contributed by atoms with Crippen molar-refractivity contribution in [1.82, 2.24) is 4.98 Å². The van der Waals surface area contributed by atoms with Gasteiger partial charge in [0.2, 0.25) is 0 Å². The molecule has 15 heavy (non-hydrogen) atoms. The second kappa shape index (κ2) is 3.98. The predicted molar refractivity (Wildman–Crippen MR) is 61.7 cm³/mol. The van der Waals surface area contributed by atoms with Gasteiger partial charge < -0.3 is 5.73 Å². The number of anilines is 1. The number of nitrogens with two attached hydrogens (primary N) is 1. The van der Waals surface area contributed by atoms with Gasteiger partial charge in [0.05, 0.1) is 17.6 Å². The van der Waals surface area contributed by atoms with E-state index in [0.717, 1.165) is 4.47 Å². The van der Waals surface area contributed by atoms with Gasteiger partial charge in [-0.3, -0.25) is 4.98 Å². The number of pyridine rings is 1. The summed E-state index contributed by atoms with van der Waals surface area (Å²) in [4.78, 5) is 4.08. The fourth-order valence-corrected chi connectivity index (χ4v) is 1.58. The van der Waals surface area contributed by atoms with Crippen molar-refractivity contribution in [3.05, 3.63) is 46.8 Å². The van der Waals surface area contributed by atoms with Gasteiger partial charge in [0.1, 0.15) is 5.82 Å². The first-order chi connectivity index (χ1) is 7.18. The summed E-state index contributed by atoms with van der Waals surface area (Å²) >= 11 is 3.28. The molecule has 0 unspecified atom stereocenters. The lowest BCUT2D eigenvalue weighted by molar-refractivity contribution is 0.630. The highest BCUT2D eigenvalue weighted by atomic mass is 79.9. The molecule has 2 nitrogen and oxygen atoms in total. The number of benzene rings is 1. The molecule has 1 aromatic heterocycles. The summed E-state index contributed by atoms with van der Waals surface area (Å²) in [6.07, 6.45) is 1.51. The van der Waals surface area contributed by atoms with Gasteiger partial charge in [0.15, 0.2) is 0 Å². The summed E-state index contributed by atoms with van der Waals surface area (Å²) in [7, 11) is 0. The Morgan fingerprint density at radius 2 is 2.00 bits per heavy atom. The van der Waals surface area contributed by atoms with Gasteiger partial charge in [-0.25, -0.2) is 4.39 Å². The van der Waals surface area contributed by atoms with Crippen LogP contribution >= 0.6 is 15.9 Å². The molecule has 1 aromatic carbocycles. The Morgan fingerprint density at radius 1 is 1.27 bits per heavy atom. The zero-order chi connectivity index (χ0) is 10.8. The van der Waals surface area contributed by atoms with Crippen LogP contribution in [0.25, 0.3) is 11.3 Å². The van der Waals surface area contributed by atoms with Gasteiger partial charge in [-0.2, -0.15) is 0 Å². The highest BCUT2D eigenvalue weighted by molar-refractivity contribution is 9.10. The van der Waals surface area contributed by atoms with Crippen LogP contribution in [-0.4, -0.2) is 4.98 Å². The van der Waals surface area contributed by atoms with Gasteiger partial charge in [0, 0.05) is 10.0 Å². The molecule has 0 aliphatic rings. The Hall–Kier alpha value is -1.42. The Bertz CT molecular complexity index is 500. The average molecular weight is 267 g/mol. The molecule has 0 saturated heterocycles. The summed E-state index contributed by atoms with van der Waals surface area (Å²) in [5, 5.41) is 0. The largest absolute Gasteiger partial charge is 0.397 e. The first-order valence-electron chi connectivity index (χ1n) is 4.34. The van der Waals surface area contributed by atoms with E-state index in [1.54, 1.807) is 24.3 Å². The molecule has 76 valence electrons. The van der Waals surface area contributed by atoms with Crippen LogP contribution < -0.4 is 5.73 Å². The minimum Gasteiger partial charge on any atom is -0.397 e. The van der Waals surface area contributed by atoms with Crippen LogP contribution in [0.15, 0.2) is 41.0 Å². The number of nitrogen functional groups attached to an aromatic ring is 1. The third-order valence-electron chi connectivity index (χ3n) is 2.03. The van der Waals surface area contributed by atoms with Crippen molar-refractivity contribution in [2.24, 2.45) is 0 Å². The van der Waals surface area contributed by atoms with Crippen molar-refractivity contribution < 1.29 is 4.39 Å². The number of hydrogen-bond donors (Lipinski definition) is 1. The summed E-state index contributed by atoms with van der Waals surface area (Å²) in [5.74, 6) is -0.290. The highest BCUT2D eigenvalue weighted by Crippen LogP contribution is 2.26. The summed E-state index contributed by atoms with van der Waals surface area (Å²) in [6.45, 7) is 0. The lowest BCUT2D eigenvalue weighted by Gasteiger charge is -2.04. The maximum absolute atomic E-state index is 13.4. The molecule has 0 radical (unpaired) electrons. The summed E-state index contributed by atoms with van der Waals surface area (Å²) < 4.78 is 14.1. The third kappa shape index (κ3) is 1.99. The molecule has 0 fully saturated rings. The molecular weight excluding hydrogens is 259 g/mol. The molecule has 1 heterocycles. The lowest BCUT2D eigenvalue weighted by atomic mass is 10.1. The second-order valence-electron chi connectivity index (χ2n) is 3.07. The molecule has 0 aliphatic carbocycles. The minimum atomic E-state index is -0.290. The van der Waals surface area contributed by atoms with E-state index in [0.29, 0.717) is 16.9 Å². The van der Waals surface area contributed by atoms with Crippen molar-refractivity contribution in [1.29, 1.82) is 0 Å². The van der Waals surface area contributed by atoms with Crippen LogP contribution in [0.3, 0.4) is 0 Å². The van der Waals surface area contributed by atoms with Crippen LogP contribution in [0.1, 0.15) is 0 Å². The van der Waals surface area contributed by atoms with E-state index in [9.17, 15) is 4.39 Å². The molecule has 0 aliphatic heterocycles. The smallest absolute Gasteiger partial charge is 0.132 e. The monoisotopic (exact) mass is 266 g/mol. The van der Waals surface area contributed by atoms with Crippen molar-refractivity contribution in [2.75, 3.05) is 5.73 Å². The topological polar surface area (TPSA) is 38.9 Å². The van der Waals surface area contributed by atoms with E-state index in [-0.39, 0.29) is 5.82 Å². The lowest BCUT2D eigenvalue weighted by Crippen LogP contribution is -1.92. The highest BCUT2D eigenvalue weighted by Gasteiger charge is 2.06. The molecule has 0 amide bonds. The first kappa shape index (κ1) is 10.1. The molecule has 0 atom stereocenters. The SMILES string of the molecule is Nc1cnc(-c2ccccc2F)cc1Br. The molecule has 0 spiro atoms. The van der Waals surface area contributed by atoms with E-state index in [1.807, 2.05) is 0 Å². The Balaban J connectivity index is 2.55. The van der Waals surface area contributed by atoms with Crippen LogP contribution in [-0.2, 0) is 0 Å². The van der Waals surface area contributed by atoms with Gasteiger partial charge in [0.25, 0.3) is 0 Å². The van der Waals surface area contributed by atoms with Crippen molar-refractivity contribution in [3.8, 4) is 11.3 Å². The van der Waals surface area contributed by atoms with Crippen molar-refractivity contribution >= 4 is 21.6 Å². The maximum Gasteiger partial charge on any atom is 0.132 e. The van der Waals surface area contributed by atoms with Gasteiger partial charge >= 0.3 is 0 Å². The average Bonchev–Trinajstić information content (AvgIpc) is 2.23. The van der Waals surface area contributed by atoms with E-state index in [4.69, 9.17) is 5.73 Å². The van der Waals surface area contributed by atoms with Crippen LogP contribution in [0.5, 0.6) is 0 Å². The zero-order valence-electron chi connectivity index (χ0n) is 7.74. The molecule has 0 bridgehead atoms. The number of aromatic nitrogens is 1. The fourth-order valence-electron chi connectivity index (χ4n) is 1.26. The quantitative estimate of drug-likeness (QED) is 0.861. The van der Waals surface area contributed by atoms with Crippen molar-refractivity contribution in [2.45, 2.75) is 0 Å². The van der Waals surface area contributed by atoms with Gasteiger partial charge in [-0.1, -0.05) is 12.1 Å². The zero-order valence-corrected chi connectivity index (χ0v) is 9.33. The van der Waals surface area contributed by atoms with E-state index < -0.39 is 0 Å². The van der Waals surface area contributed by atoms with E-state index in [2.05, 4.69) is 20.9 Å². The third-order valence-corrected chi connectivity index (χ3v) is 2.72. The second-order valence-corrected chi connectivity index (χ2v) is 3.93. The van der Waals surface area contributed by atoms with Gasteiger partial charge in [-0.05, 0) is 34.1 Å². The number of rotatable bonds is 1. The molecule has 4 heteroatoms. The van der Waals surface area contributed by atoms with Gasteiger partial charge in [-0.15, -0.1) is 0 Å². The van der Waals surface area contributed by atoms with Crippen LogP contribution in [0, 0.1) is 5.82 Å². The van der Waals surface area contributed by atoms with Crippen LogP contribution in [0.4, 0.5) is 10.1 Å². The van der Waals surface area contributed by atoms with E-state index in [1.165, 1.54) is 12.3 Å². The van der Waals surface area contributed by atoms with E-state index >= 15 is 0 Å². The maximum atomic E-state index is 13.4. The fraction of sp³-hybridized carbons (Fsp3) is 0. The Labute approximate surface area is 95.1 Å². The molecular formula is C11H8BrFN2. The minimum absolute atomic E-state index is 0.290. The Morgan fingerprint density at radius 3 is 2.67 bits per heavy atom. The normalized spacial score (nSPS) is 10.3. The number of hydrogen-bond acceptors (Lipinski definition) is 2. The molecule has 2 aromatic rings. The van der Waals surface area contributed by atoms with Crippen LogP contribution in [0.2, 0.25) is 0 Å². The molecule has 0 saturated carbocycles. The summed E-state index contributed by atoms with van der Waals surface area (Å²) in [5.41, 5.74) is 7.17.